The van der Waals surface area contributed by atoms with Gasteiger partial charge in [-0.25, -0.2) is 0 Å². The molecule has 0 spiro atoms. The molecule has 3 rings (SSSR count). The third kappa shape index (κ3) is 4.15. The summed E-state index contributed by atoms with van der Waals surface area (Å²) in [4.78, 5) is 12.4. The number of carbonyl (C=O) groups excluding carboxylic acids is 1. The number of nitrogens with one attached hydrogen (secondary N) is 1. The van der Waals surface area contributed by atoms with E-state index in [1.165, 1.54) is 0 Å². The maximum Gasteiger partial charge on any atom is 0.251 e. The minimum absolute atomic E-state index is 0.300. The molecule has 1 aliphatic carbocycles. The van der Waals surface area contributed by atoms with Crippen molar-refractivity contribution < 1.29 is 24.5 Å². The molecule has 0 saturated heterocycles. The van der Waals surface area contributed by atoms with Gasteiger partial charge in [-0.2, -0.15) is 0 Å². The van der Waals surface area contributed by atoms with Crippen LogP contribution in [0.3, 0.4) is 0 Å². The van der Waals surface area contributed by atoms with E-state index in [1.54, 1.807) is 43.5 Å². The third-order valence-electron chi connectivity index (χ3n) is 4.60. The molecular weight excluding hydrogens is 334 g/mol. The Hall–Kier alpha value is -2.57. The number of amides is 1. The van der Waals surface area contributed by atoms with Gasteiger partial charge in [-0.1, -0.05) is 18.2 Å². The molecule has 0 aromatic heterocycles. The summed E-state index contributed by atoms with van der Waals surface area (Å²) < 4.78 is 10.8. The summed E-state index contributed by atoms with van der Waals surface area (Å²) in [5.74, 6) is 1.01. The first kappa shape index (κ1) is 18.2. The van der Waals surface area contributed by atoms with Gasteiger partial charge in [-0.05, 0) is 49.2 Å². The maximum atomic E-state index is 12.4. The van der Waals surface area contributed by atoms with Gasteiger partial charge in [0.05, 0.1) is 13.2 Å². The molecule has 1 aliphatic rings. The van der Waals surface area contributed by atoms with Crippen molar-refractivity contribution >= 4 is 5.91 Å². The second-order valence-corrected chi connectivity index (χ2v) is 6.34. The number of hydrogen-bond donors (Lipinski definition) is 3. The predicted molar refractivity (Wildman–Crippen MR) is 96.4 cm³/mol. The lowest BCUT2D eigenvalue weighted by Crippen LogP contribution is -2.57. The van der Waals surface area contributed by atoms with E-state index >= 15 is 0 Å². The number of ether oxygens (including phenoxy) is 2. The van der Waals surface area contributed by atoms with Gasteiger partial charge in [-0.15, -0.1) is 0 Å². The van der Waals surface area contributed by atoms with Gasteiger partial charge in [0.2, 0.25) is 0 Å². The van der Waals surface area contributed by atoms with E-state index in [9.17, 15) is 15.0 Å². The van der Waals surface area contributed by atoms with E-state index in [0.717, 1.165) is 0 Å². The molecule has 3 N–H and O–H groups in total. The smallest absolute Gasteiger partial charge is 0.251 e. The summed E-state index contributed by atoms with van der Waals surface area (Å²) in [5, 5.41) is 23.6. The van der Waals surface area contributed by atoms with Gasteiger partial charge in [0.25, 0.3) is 5.91 Å². The van der Waals surface area contributed by atoms with Gasteiger partial charge < -0.3 is 25.0 Å². The zero-order chi connectivity index (χ0) is 18.5. The highest BCUT2D eigenvalue weighted by atomic mass is 16.5. The molecule has 6 nitrogen and oxygen atoms in total. The number of benzene rings is 2. The topological polar surface area (TPSA) is 88.0 Å². The molecule has 2 aromatic carbocycles. The van der Waals surface area contributed by atoms with Crippen LogP contribution < -0.4 is 14.8 Å². The number of para-hydroxylation sites is 1. The first-order valence-electron chi connectivity index (χ1n) is 8.61. The number of aliphatic hydroxyl groups excluding tert-OH is 2. The molecule has 26 heavy (non-hydrogen) atoms. The van der Waals surface area contributed by atoms with Crippen LogP contribution >= 0.6 is 0 Å². The van der Waals surface area contributed by atoms with Crippen LogP contribution in [0.5, 0.6) is 11.5 Å². The summed E-state index contributed by atoms with van der Waals surface area (Å²) in [6.07, 6.45) is -1.65. The lowest BCUT2D eigenvalue weighted by molar-refractivity contribution is -0.0874. The molecule has 1 saturated carbocycles. The van der Waals surface area contributed by atoms with Crippen molar-refractivity contribution in [1.82, 2.24) is 5.32 Å². The van der Waals surface area contributed by atoms with Crippen molar-refractivity contribution in [3.63, 3.8) is 0 Å². The molecule has 1 fully saturated rings. The van der Waals surface area contributed by atoms with E-state index in [4.69, 9.17) is 9.47 Å². The normalized spacial score (nSPS) is 25.3. The molecule has 4 atom stereocenters. The van der Waals surface area contributed by atoms with Crippen molar-refractivity contribution in [3.05, 3.63) is 60.2 Å². The van der Waals surface area contributed by atoms with Crippen LogP contribution in [0.25, 0.3) is 0 Å². The summed E-state index contributed by atoms with van der Waals surface area (Å²) in [7, 11) is 1.56. The highest BCUT2D eigenvalue weighted by Crippen LogP contribution is 2.25. The van der Waals surface area contributed by atoms with E-state index in [0.29, 0.717) is 29.9 Å². The number of methoxy groups -OCH3 is 1. The summed E-state index contributed by atoms with van der Waals surface area (Å²) in [6, 6.07) is 15.3. The summed E-state index contributed by atoms with van der Waals surface area (Å²) in [6.45, 7) is 0. The van der Waals surface area contributed by atoms with Crippen LogP contribution in [0.1, 0.15) is 23.2 Å². The Morgan fingerprint density at radius 2 is 1.65 bits per heavy atom. The Morgan fingerprint density at radius 1 is 0.962 bits per heavy atom. The molecule has 1 amide bonds. The first-order valence-corrected chi connectivity index (χ1v) is 8.61. The second kappa shape index (κ2) is 8.21. The van der Waals surface area contributed by atoms with Crippen LogP contribution in [-0.4, -0.2) is 47.6 Å². The Balaban J connectivity index is 1.59. The van der Waals surface area contributed by atoms with Crippen LogP contribution in [0.15, 0.2) is 54.6 Å². The average molecular weight is 357 g/mol. The van der Waals surface area contributed by atoms with Gasteiger partial charge in [0.1, 0.15) is 29.8 Å². The zero-order valence-electron chi connectivity index (χ0n) is 14.5. The standard InChI is InChI=1S/C20H23NO5/c1-25-14-9-7-13(8-10-14)20(24)21-16-11-12-17(19(23)18(16)22)26-15-5-3-2-4-6-15/h2-10,16-19,22-23H,11-12H2,1H3,(H,21,24)/t16-,17-,18-,19-/m1/s1. The molecule has 0 aliphatic heterocycles. The quantitative estimate of drug-likeness (QED) is 0.759. The Bertz CT molecular complexity index is 719. The largest absolute Gasteiger partial charge is 0.497 e. The highest BCUT2D eigenvalue weighted by Gasteiger charge is 2.39. The van der Waals surface area contributed by atoms with Crippen LogP contribution in [0, 0.1) is 0 Å². The lowest BCUT2D eigenvalue weighted by atomic mass is 9.87. The Kier molecular flexibility index (Phi) is 5.75. The van der Waals surface area contributed by atoms with Crippen molar-refractivity contribution in [2.24, 2.45) is 0 Å². The van der Waals surface area contributed by atoms with Crippen LogP contribution in [-0.2, 0) is 0 Å². The zero-order valence-corrected chi connectivity index (χ0v) is 14.5. The predicted octanol–water partition coefficient (Wildman–Crippen LogP) is 1.76. The Labute approximate surface area is 152 Å². The number of hydrogen-bond acceptors (Lipinski definition) is 5. The fourth-order valence-corrected chi connectivity index (χ4v) is 3.10. The number of aliphatic hydroxyl groups is 2. The van der Waals surface area contributed by atoms with E-state index < -0.39 is 24.4 Å². The fraction of sp³-hybridized carbons (Fsp3) is 0.350. The molecular formula is C20H23NO5. The lowest BCUT2D eigenvalue weighted by Gasteiger charge is -2.37. The molecule has 138 valence electrons. The Morgan fingerprint density at radius 3 is 2.31 bits per heavy atom. The minimum Gasteiger partial charge on any atom is -0.497 e. The fourth-order valence-electron chi connectivity index (χ4n) is 3.10. The molecule has 0 radical (unpaired) electrons. The summed E-state index contributed by atoms with van der Waals surface area (Å²) >= 11 is 0. The molecule has 0 bridgehead atoms. The van der Waals surface area contributed by atoms with E-state index in [1.807, 2.05) is 18.2 Å². The van der Waals surface area contributed by atoms with Crippen molar-refractivity contribution in [1.29, 1.82) is 0 Å². The maximum absolute atomic E-state index is 12.4. The van der Waals surface area contributed by atoms with E-state index in [-0.39, 0.29) is 5.91 Å². The van der Waals surface area contributed by atoms with Gasteiger partial charge in [-0.3, -0.25) is 4.79 Å². The monoisotopic (exact) mass is 357 g/mol. The minimum atomic E-state index is -1.10. The van der Waals surface area contributed by atoms with Gasteiger partial charge in [0.15, 0.2) is 0 Å². The molecule has 2 aromatic rings. The molecule has 6 heteroatoms. The van der Waals surface area contributed by atoms with Crippen molar-refractivity contribution in [3.8, 4) is 11.5 Å². The molecule has 0 unspecified atom stereocenters. The van der Waals surface area contributed by atoms with Gasteiger partial charge in [0, 0.05) is 5.56 Å². The van der Waals surface area contributed by atoms with Crippen LogP contribution in [0.4, 0.5) is 0 Å². The highest BCUT2D eigenvalue weighted by molar-refractivity contribution is 5.94. The third-order valence-corrected chi connectivity index (χ3v) is 4.60. The second-order valence-electron chi connectivity index (χ2n) is 6.34. The number of rotatable bonds is 5. The first-order chi connectivity index (χ1) is 12.6. The SMILES string of the molecule is COc1ccc(C(=O)N[C@@H]2CC[C@@H](Oc3ccccc3)[C@@H](O)[C@@H]2O)cc1. The average Bonchev–Trinajstić information content (AvgIpc) is 2.68. The van der Waals surface area contributed by atoms with Crippen LogP contribution in [0.2, 0.25) is 0 Å². The summed E-state index contributed by atoms with van der Waals surface area (Å²) in [5.41, 5.74) is 0.468. The molecule has 0 heterocycles. The van der Waals surface area contributed by atoms with Crippen molar-refractivity contribution in [2.75, 3.05) is 7.11 Å². The van der Waals surface area contributed by atoms with E-state index in [2.05, 4.69) is 5.32 Å². The number of carbonyl (C=O) groups is 1. The van der Waals surface area contributed by atoms with Gasteiger partial charge >= 0.3 is 0 Å². The van der Waals surface area contributed by atoms with Crippen molar-refractivity contribution in [2.45, 2.75) is 37.2 Å².